The first-order chi connectivity index (χ1) is 9.60. The molecule has 0 bridgehead atoms. The Bertz CT molecular complexity index is 402. The monoisotopic (exact) mass is 278 g/mol. The van der Waals surface area contributed by atoms with E-state index in [2.05, 4.69) is 42.9 Å². The molecule has 0 spiro atoms. The molecule has 0 saturated carbocycles. The highest BCUT2D eigenvalue weighted by Gasteiger charge is 1.94. The molecule has 0 rings (SSSR count). The lowest BCUT2D eigenvalue weighted by molar-refractivity contribution is 0.341. The van der Waals surface area contributed by atoms with Gasteiger partial charge in [0.25, 0.3) is 0 Å². The van der Waals surface area contributed by atoms with Crippen molar-refractivity contribution in [3.63, 3.8) is 0 Å². The predicted octanol–water partition coefficient (Wildman–Crippen LogP) is 4.32. The Kier molecular flexibility index (Phi) is 11.6. The highest BCUT2D eigenvalue weighted by atomic mass is 16.2. The zero-order valence-corrected chi connectivity index (χ0v) is 13.0. The molecule has 0 aromatic carbocycles. The largest absolute Gasteiger partial charge is 0.392 e. The third kappa shape index (κ3) is 11.6. The summed E-state index contributed by atoms with van der Waals surface area (Å²) >= 11 is 0. The second kappa shape index (κ2) is 12.5. The van der Waals surface area contributed by atoms with Gasteiger partial charge in [-0.25, -0.2) is 0 Å². The molecule has 4 heteroatoms. The van der Waals surface area contributed by atoms with Gasteiger partial charge in [0.1, 0.15) is 17.2 Å². The topological polar surface area (TPSA) is 70.5 Å². The van der Waals surface area contributed by atoms with Crippen molar-refractivity contribution in [2.75, 3.05) is 13.2 Å². The lowest BCUT2D eigenvalue weighted by Crippen LogP contribution is -1.85. The van der Waals surface area contributed by atoms with E-state index in [0.717, 1.165) is 32.1 Å². The average molecular weight is 278 g/mol. The minimum absolute atomic E-state index is 0.137. The summed E-state index contributed by atoms with van der Waals surface area (Å²) in [5, 5.41) is 12.4. The lowest BCUT2D eigenvalue weighted by Gasteiger charge is -2.01. The minimum atomic E-state index is 0.137. The summed E-state index contributed by atoms with van der Waals surface area (Å²) in [5.41, 5.74) is 10.5. The third-order valence-electron chi connectivity index (χ3n) is 3.18. The van der Waals surface area contributed by atoms with Gasteiger partial charge in [-0.2, -0.15) is 0 Å². The maximum Gasteiger partial charge on any atom is 0.214 e. The van der Waals surface area contributed by atoms with Crippen molar-refractivity contribution >= 4 is 0 Å². The Labute approximate surface area is 122 Å². The number of aliphatic hydroxyl groups excluding tert-OH is 1. The van der Waals surface area contributed by atoms with E-state index in [0.29, 0.717) is 6.54 Å². The number of nitrogens with zero attached hydrogens (tertiary/aromatic N) is 2. The van der Waals surface area contributed by atoms with Crippen LogP contribution < -0.4 is 4.91 Å². The average Bonchev–Trinajstić information content (AvgIpc) is 2.39. The van der Waals surface area contributed by atoms with Crippen LogP contribution in [0.25, 0.3) is 0 Å². The third-order valence-corrected chi connectivity index (χ3v) is 3.18. The van der Waals surface area contributed by atoms with Crippen molar-refractivity contribution in [1.82, 2.24) is 4.91 Å². The first-order valence-electron chi connectivity index (χ1n) is 7.21. The van der Waals surface area contributed by atoms with Crippen molar-refractivity contribution in [1.29, 1.82) is 5.53 Å². The Morgan fingerprint density at radius 2 is 1.45 bits per heavy atom. The molecule has 0 unspecified atom stereocenters. The van der Waals surface area contributed by atoms with Gasteiger partial charge >= 0.3 is 0 Å². The summed E-state index contributed by atoms with van der Waals surface area (Å²) < 4.78 is 0. The molecule has 2 N–H and O–H groups in total. The second-order valence-electron chi connectivity index (χ2n) is 5.13. The highest BCUT2D eigenvalue weighted by Crippen LogP contribution is 2.12. The van der Waals surface area contributed by atoms with Crippen molar-refractivity contribution in [2.24, 2.45) is 5.11 Å². The van der Waals surface area contributed by atoms with Gasteiger partial charge in [0.05, 0.1) is 6.61 Å². The molecule has 0 aliphatic heterocycles. The Balaban J connectivity index is 3.91. The molecular weight excluding hydrogens is 250 g/mol. The summed E-state index contributed by atoms with van der Waals surface area (Å²) in [4.78, 5) is 3.00. The van der Waals surface area contributed by atoms with E-state index in [-0.39, 0.29) is 6.61 Å². The summed E-state index contributed by atoms with van der Waals surface area (Å²) in [6, 6.07) is 0. The maximum atomic E-state index is 8.77. The first-order valence-corrected chi connectivity index (χ1v) is 7.21. The predicted molar refractivity (Wildman–Crippen MR) is 83.6 cm³/mol. The summed E-state index contributed by atoms with van der Waals surface area (Å²) in [6.07, 6.45) is 11.5. The molecule has 0 radical (unpaired) electrons. The Hall–Kier alpha value is -1.51. The van der Waals surface area contributed by atoms with Crippen LogP contribution in [0.5, 0.6) is 0 Å². The molecule has 20 heavy (non-hydrogen) atoms. The number of allylic oxidation sites excluding steroid dienone is 4. The fraction of sp³-hybridized carbons (Fsp3) is 0.625. The van der Waals surface area contributed by atoms with Crippen molar-refractivity contribution in [3.05, 3.63) is 34.9 Å². The van der Waals surface area contributed by atoms with Gasteiger partial charge in [-0.3, -0.25) is 0 Å². The Morgan fingerprint density at radius 1 is 0.950 bits per heavy atom. The normalized spacial score (nSPS) is 13.3. The van der Waals surface area contributed by atoms with E-state index < -0.39 is 0 Å². The van der Waals surface area contributed by atoms with Crippen LogP contribution in [0.15, 0.2) is 40.1 Å². The molecule has 0 heterocycles. The van der Waals surface area contributed by atoms with Gasteiger partial charge in [-0.15, -0.1) is 0 Å². The smallest absolute Gasteiger partial charge is 0.214 e. The van der Waals surface area contributed by atoms with E-state index >= 15 is 0 Å². The number of hydrogen-bond donors (Lipinski definition) is 2. The van der Waals surface area contributed by atoms with Gasteiger partial charge in [-0.05, 0) is 52.9 Å². The Morgan fingerprint density at radius 3 is 1.95 bits per heavy atom. The summed E-state index contributed by atoms with van der Waals surface area (Å²) in [6.45, 7) is 7.07. The number of aliphatic hydroxyl groups is 1. The molecule has 0 fully saturated rings. The molecule has 4 nitrogen and oxygen atoms in total. The van der Waals surface area contributed by atoms with Crippen molar-refractivity contribution in [2.45, 2.75) is 52.9 Å². The maximum absolute atomic E-state index is 8.77. The van der Waals surface area contributed by atoms with E-state index in [1.54, 1.807) is 0 Å². The van der Waals surface area contributed by atoms with Crippen LogP contribution >= 0.6 is 0 Å². The summed E-state index contributed by atoms with van der Waals surface area (Å²) in [5.74, 6) is 0. The van der Waals surface area contributed by atoms with Gasteiger partial charge in [0.2, 0.25) is 4.91 Å². The van der Waals surface area contributed by atoms with Crippen LogP contribution in [0.4, 0.5) is 0 Å². The second-order valence-corrected chi connectivity index (χ2v) is 5.13. The summed E-state index contributed by atoms with van der Waals surface area (Å²) in [7, 11) is 0. The molecular formula is C16H28N3O+. The van der Waals surface area contributed by atoms with Crippen LogP contribution in [0, 0.1) is 5.53 Å². The fourth-order valence-corrected chi connectivity index (χ4v) is 1.83. The number of rotatable bonds is 10. The molecule has 112 valence electrons. The van der Waals surface area contributed by atoms with E-state index in [1.807, 2.05) is 6.08 Å². The molecule has 0 saturated heterocycles. The molecule has 0 aliphatic carbocycles. The zero-order valence-electron chi connectivity index (χ0n) is 13.0. The van der Waals surface area contributed by atoms with Crippen molar-refractivity contribution < 1.29 is 5.11 Å². The van der Waals surface area contributed by atoms with E-state index in [4.69, 9.17) is 10.6 Å². The van der Waals surface area contributed by atoms with Gasteiger partial charge < -0.3 is 5.11 Å². The number of nitrogens with one attached hydrogen (secondary N) is 1. The SMILES string of the molecule is C/C(=C\CO)CC/C=C(\C)CC/C=C(\C)CCN=[N+]=N. The van der Waals surface area contributed by atoms with Crippen LogP contribution in [0.3, 0.4) is 0 Å². The molecule has 0 atom stereocenters. The number of hydrogen-bond acceptors (Lipinski definition) is 3. The standard InChI is InChI=1S/C16H28N3O/c1-14(7-5-9-16(3)11-13-20)6-4-8-15(2)10-12-18-19-17/h7-8,11,17,20H,4-6,9-10,12-13H2,1-3H3/q+1/b14-7+,15-8+,16-11+. The fourth-order valence-electron chi connectivity index (χ4n) is 1.83. The van der Waals surface area contributed by atoms with E-state index in [1.165, 1.54) is 16.7 Å². The quantitative estimate of drug-likeness (QED) is 0.349. The molecule has 0 aromatic rings. The van der Waals surface area contributed by atoms with Gasteiger partial charge in [-0.1, -0.05) is 34.9 Å². The van der Waals surface area contributed by atoms with Crippen LogP contribution in [-0.2, 0) is 0 Å². The first kappa shape index (κ1) is 18.5. The van der Waals surface area contributed by atoms with Gasteiger partial charge in [0, 0.05) is 0 Å². The lowest BCUT2D eigenvalue weighted by atomic mass is 10.1. The van der Waals surface area contributed by atoms with Gasteiger partial charge in [0.15, 0.2) is 0 Å². The highest BCUT2D eigenvalue weighted by molar-refractivity contribution is 5.06. The minimum Gasteiger partial charge on any atom is -0.392 e. The zero-order chi connectivity index (χ0) is 15.2. The van der Waals surface area contributed by atoms with Crippen molar-refractivity contribution in [3.8, 4) is 0 Å². The van der Waals surface area contributed by atoms with Crippen LogP contribution in [0.1, 0.15) is 52.9 Å². The van der Waals surface area contributed by atoms with E-state index in [9.17, 15) is 0 Å². The molecule has 0 aromatic heterocycles. The molecule has 0 aliphatic rings. The van der Waals surface area contributed by atoms with Crippen LogP contribution in [0.2, 0.25) is 0 Å². The molecule has 0 amide bonds. The van der Waals surface area contributed by atoms with Crippen LogP contribution in [-0.4, -0.2) is 18.3 Å².